The lowest BCUT2D eigenvalue weighted by atomic mass is 10.1. The van der Waals surface area contributed by atoms with Gasteiger partial charge in [0.05, 0.1) is 0 Å². The van der Waals surface area contributed by atoms with Crippen molar-refractivity contribution in [1.82, 2.24) is 0 Å². The molecule has 10 heavy (non-hydrogen) atoms. The number of benzene rings is 1. The minimum absolute atomic E-state index is 0.817. The average Bonchev–Trinajstić information content (AvgIpc) is 1.88. The van der Waals surface area contributed by atoms with E-state index in [0.717, 1.165) is 5.56 Å². The van der Waals surface area contributed by atoms with Crippen molar-refractivity contribution in [2.24, 2.45) is 0 Å². The lowest BCUT2D eigenvalue weighted by Gasteiger charge is -2.00. The maximum atomic E-state index is 8.51. The highest BCUT2D eigenvalue weighted by molar-refractivity contribution is 5.22. The molecule has 0 aliphatic rings. The van der Waals surface area contributed by atoms with Crippen molar-refractivity contribution in [1.29, 1.82) is 0 Å². The van der Waals surface area contributed by atoms with Gasteiger partial charge in [-0.3, -0.25) is 0 Å². The predicted octanol–water partition coefficient (Wildman–Crippen LogP) is 0.550. The molecule has 0 saturated heterocycles. The fourth-order valence-electron chi connectivity index (χ4n) is 0.736. The molecule has 2 N–H and O–H groups in total. The van der Waals surface area contributed by atoms with Gasteiger partial charge in [0.15, 0.2) is 6.29 Å². The van der Waals surface area contributed by atoms with Gasteiger partial charge in [0.1, 0.15) is 0 Å². The van der Waals surface area contributed by atoms with Gasteiger partial charge >= 0.3 is 0 Å². The lowest BCUT2D eigenvalue weighted by Crippen LogP contribution is -2.04. The molecule has 0 heterocycles. The number of hydrogen-bond acceptors (Lipinski definition) is 2. The first-order valence-electron chi connectivity index (χ1n) is 3.05. The molecule has 1 aromatic carbocycles. The standard InChI is InChI=1S/C8H9O2/c9-8(10)6-7-4-2-1-3-5-7/h1-6,8-10H. The largest absolute Gasteiger partial charge is 0.368 e. The Morgan fingerprint density at radius 3 is 2.20 bits per heavy atom. The molecular formula is C8H9O2. The van der Waals surface area contributed by atoms with Gasteiger partial charge in [0, 0.05) is 6.42 Å². The topological polar surface area (TPSA) is 40.5 Å². The van der Waals surface area contributed by atoms with E-state index in [1.54, 1.807) is 12.1 Å². The Labute approximate surface area is 59.7 Å². The number of hydrogen-bond donors (Lipinski definition) is 2. The summed E-state index contributed by atoms with van der Waals surface area (Å²) < 4.78 is 0. The van der Waals surface area contributed by atoms with Crippen LogP contribution in [-0.4, -0.2) is 16.5 Å². The summed E-state index contributed by atoms with van der Waals surface area (Å²) in [5.74, 6) is 0. The Morgan fingerprint density at radius 2 is 1.70 bits per heavy atom. The normalized spacial score (nSPS) is 10.3. The second-order valence-corrected chi connectivity index (χ2v) is 1.99. The van der Waals surface area contributed by atoms with Crippen LogP contribution in [0.4, 0.5) is 0 Å². The van der Waals surface area contributed by atoms with Crippen LogP contribution in [0.5, 0.6) is 0 Å². The zero-order chi connectivity index (χ0) is 7.40. The van der Waals surface area contributed by atoms with E-state index in [4.69, 9.17) is 10.2 Å². The molecular weight excluding hydrogens is 128 g/mol. The van der Waals surface area contributed by atoms with Gasteiger partial charge in [0.25, 0.3) is 0 Å². The van der Waals surface area contributed by atoms with Crippen LogP contribution in [0.1, 0.15) is 5.56 Å². The third-order valence-electron chi connectivity index (χ3n) is 1.14. The van der Waals surface area contributed by atoms with Crippen molar-refractivity contribution in [2.75, 3.05) is 0 Å². The molecule has 53 valence electrons. The van der Waals surface area contributed by atoms with Crippen molar-refractivity contribution in [3.8, 4) is 0 Å². The smallest absolute Gasteiger partial charge is 0.159 e. The van der Waals surface area contributed by atoms with Crippen molar-refractivity contribution in [3.05, 3.63) is 42.3 Å². The molecule has 0 atom stereocenters. The molecule has 0 aromatic heterocycles. The van der Waals surface area contributed by atoms with E-state index in [9.17, 15) is 0 Å². The Hall–Kier alpha value is -0.860. The first-order valence-corrected chi connectivity index (χ1v) is 3.05. The third-order valence-corrected chi connectivity index (χ3v) is 1.14. The first-order chi connectivity index (χ1) is 4.79. The Kier molecular flexibility index (Phi) is 2.42. The van der Waals surface area contributed by atoms with Gasteiger partial charge in [-0.05, 0) is 5.56 Å². The van der Waals surface area contributed by atoms with E-state index >= 15 is 0 Å². The van der Waals surface area contributed by atoms with Gasteiger partial charge in [-0.2, -0.15) is 0 Å². The molecule has 0 aliphatic carbocycles. The van der Waals surface area contributed by atoms with Crippen molar-refractivity contribution in [2.45, 2.75) is 6.29 Å². The summed E-state index contributed by atoms with van der Waals surface area (Å²) in [6, 6.07) is 9.17. The lowest BCUT2D eigenvalue weighted by molar-refractivity contribution is -0.00866. The van der Waals surface area contributed by atoms with Gasteiger partial charge in [-0.15, -0.1) is 0 Å². The van der Waals surface area contributed by atoms with E-state index in [1.807, 2.05) is 18.2 Å². The third kappa shape index (κ3) is 2.17. The van der Waals surface area contributed by atoms with E-state index in [2.05, 4.69) is 0 Å². The molecule has 0 amide bonds. The molecule has 1 radical (unpaired) electrons. The Morgan fingerprint density at radius 1 is 1.10 bits per heavy atom. The summed E-state index contributed by atoms with van der Waals surface area (Å²) >= 11 is 0. The predicted molar refractivity (Wildman–Crippen MR) is 38.1 cm³/mol. The van der Waals surface area contributed by atoms with Crippen LogP contribution < -0.4 is 0 Å². The minimum Gasteiger partial charge on any atom is -0.368 e. The Balaban J connectivity index is 2.59. The number of rotatable bonds is 2. The zero-order valence-electron chi connectivity index (χ0n) is 5.44. The van der Waals surface area contributed by atoms with Crippen LogP contribution in [0.3, 0.4) is 0 Å². The highest BCUT2D eigenvalue weighted by Gasteiger charge is 1.97. The molecule has 1 aromatic rings. The fraction of sp³-hybridized carbons (Fsp3) is 0.125. The maximum absolute atomic E-state index is 8.51. The molecule has 2 nitrogen and oxygen atoms in total. The molecule has 0 spiro atoms. The van der Waals surface area contributed by atoms with Crippen LogP contribution in [0.25, 0.3) is 0 Å². The van der Waals surface area contributed by atoms with Crippen LogP contribution in [0.2, 0.25) is 0 Å². The summed E-state index contributed by atoms with van der Waals surface area (Å²) in [4.78, 5) is 0. The van der Waals surface area contributed by atoms with Gasteiger partial charge in [-0.25, -0.2) is 0 Å². The molecule has 0 unspecified atom stereocenters. The molecule has 1 rings (SSSR count). The summed E-state index contributed by atoms with van der Waals surface area (Å²) in [7, 11) is 0. The van der Waals surface area contributed by atoms with E-state index in [1.165, 1.54) is 6.42 Å². The van der Waals surface area contributed by atoms with E-state index < -0.39 is 6.29 Å². The van der Waals surface area contributed by atoms with Crippen LogP contribution in [-0.2, 0) is 0 Å². The van der Waals surface area contributed by atoms with E-state index in [0.29, 0.717) is 0 Å². The zero-order valence-corrected chi connectivity index (χ0v) is 5.44. The number of aliphatic hydroxyl groups is 2. The SMILES string of the molecule is OC(O)[CH]c1ccccc1. The molecule has 0 saturated carbocycles. The highest BCUT2D eigenvalue weighted by atomic mass is 16.5. The van der Waals surface area contributed by atoms with Crippen LogP contribution in [0, 0.1) is 6.42 Å². The average molecular weight is 137 g/mol. The number of aliphatic hydroxyl groups excluding tert-OH is 1. The minimum atomic E-state index is -1.36. The Bertz CT molecular complexity index is 182. The van der Waals surface area contributed by atoms with Crippen molar-refractivity contribution < 1.29 is 10.2 Å². The summed E-state index contributed by atoms with van der Waals surface area (Å²) in [5, 5.41) is 17.0. The monoisotopic (exact) mass is 137 g/mol. The van der Waals surface area contributed by atoms with Crippen LogP contribution >= 0.6 is 0 Å². The summed E-state index contributed by atoms with van der Waals surface area (Å²) in [5.41, 5.74) is 0.817. The van der Waals surface area contributed by atoms with Crippen molar-refractivity contribution >= 4 is 0 Å². The molecule has 0 aliphatic heterocycles. The van der Waals surface area contributed by atoms with Crippen LogP contribution in [0.15, 0.2) is 30.3 Å². The second kappa shape index (κ2) is 3.34. The van der Waals surface area contributed by atoms with Gasteiger partial charge in [-0.1, -0.05) is 30.3 Å². The second-order valence-electron chi connectivity index (χ2n) is 1.99. The van der Waals surface area contributed by atoms with E-state index in [-0.39, 0.29) is 0 Å². The molecule has 0 bridgehead atoms. The maximum Gasteiger partial charge on any atom is 0.159 e. The molecule has 0 fully saturated rings. The summed E-state index contributed by atoms with van der Waals surface area (Å²) in [6.45, 7) is 0. The quantitative estimate of drug-likeness (QED) is 0.584. The molecule has 2 heteroatoms. The van der Waals surface area contributed by atoms with Gasteiger partial charge < -0.3 is 10.2 Å². The van der Waals surface area contributed by atoms with Gasteiger partial charge in [0.2, 0.25) is 0 Å². The fourth-order valence-corrected chi connectivity index (χ4v) is 0.736. The highest BCUT2D eigenvalue weighted by Crippen LogP contribution is 2.02. The first kappa shape index (κ1) is 7.25. The van der Waals surface area contributed by atoms with Crippen molar-refractivity contribution in [3.63, 3.8) is 0 Å². The summed E-state index contributed by atoms with van der Waals surface area (Å²) in [6.07, 6.45) is 0.00222.